The van der Waals surface area contributed by atoms with E-state index in [0.717, 1.165) is 50.9 Å². The molecule has 4 rings (SSSR count). The zero-order valence-electron chi connectivity index (χ0n) is 18.0. The van der Waals surface area contributed by atoms with Gasteiger partial charge in [-0.2, -0.15) is 4.31 Å². The van der Waals surface area contributed by atoms with Crippen LogP contribution in [0.1, 0.15) is 59.6 Å². The van der Waals surface area contributed by atoms with Gasteiger partial charge in [-0.3, -0.25) is 4.79 Å². The fraction of sp³-hybridized carbons (Fsp3) is 0.619. The first kappa shape index (κ1) is 21.5. The first-order valence-corrected chi connectivity index (χ1v) is 13.0. The van der Waals surface area contributed by atoms with Gasteiger partial charge in [-0.1, -0.05) is 6.42 Å². The molecule has 0 radical (unpaired) electrons. The van der Waals surface area contributed by atoms with Crippen LogP contribution >= 0.6 is 11.3 Å². The fourth-order valence-corrected chi connectivity index (χ4v) is 7.20. The Kier molecular flexibility index (Phi) is 6.05. The fourth-order valence-electron chi connectivity index (χ4n) is 4.33. The molecule has 30 heavy (non-hydrogen) atoms. The summed E-state index contributed by atoms with van der Waals surface area (Å²) in [6.45, 7) is 6.45. The topological polar surface area (TPSA) is 75.5 Å². The van der Waals surface area contributed by atoms with Crippen molar-refractivity contribution < 1.29 is 13.2 Å². The van der Waals surface area contributed by atoms with Gasteiger partial charge in [0.05, 0.1) is 11.4 Å². The summed E-state index contributed by atoms with van der Waals surface area (Å²) < 4.78 is 29.9. The van der Waals surface area contributed by atoms with Gasteiger partial charge in [-0.15, -0.1) is 11.3 Å². The van der Waals surface area contributed by atoms with Crippen LogP contribution in [0.2, 0.25) is 0 Å². The van der Waals surface area contributed by atoms with Crippen LogP contribution in [0, 0.1) is 13.8 Å². The lowest BCUT2D eigenvalue weighted by Crippen LogP contribution is -2.35. The summed E-state index contributed by atoms with van der Waals surface area (Å²) in [7, 11) is -1.66. The zero-order valence-corrected chi connectivity index (χ0v) is 19.6. The molecule has 2 aromatic rings. The van der Waals surface area contributed by atoms with E-state index in [4.69, 9.17) is 0 Å². The number of aryl methyl sites for hydroxylation is 1. The second-order valence-corrected chi connectivity index (χ2v) is 11.2. The number of thiazole rings is 1. The van der Waals surface area contributed by atoms with Crippen molar-refractivity contribution in [1.29, 1.82) is 0 Å². The number of sulfonamides is 1. The standard InChI is InChI=1S/C21H30N4O3S2/c1-15-19(21(26)24-10-6-4-7-11-24)29-20(22-15)17-14-18(16(2)23(17)3)30(27,28)25-12-8-5-9-13-25/h14H,4-13H2,1-3H3. The molecule has 9 heteroatoms. The van der Waals surface area contributed by atoms with Gasteiger partial charge in [-0.25, -0.2) is 13.4 Å². The molecular formula is C21H30N4O3S2. The molecule has 2 aromatic heterocycles. The number of aromatic nitrogens is 2. The number of nitrogens with zero attached hydrogens (tertiary/aromatic N) is 4. The van der Waals surface area contributed by atoms with Crippen molar-refractivity contribution >= 4 is 27.3 Å². The highest BCUT2D eigenvalue weighted by Gasteiger charge is 2.31. The van der Waals surface area contributed by atoms with Crippen LogP contribution in [-0.2, 0) is 17.1 Å². The van der Waals surface area contributed by atoms with E-state index in [9.17, 15) is 13.2 Å². The molecule has 0 atom stereocenters. The molecular weight excluding hydrogens is 420 g/mol. The number of carbonyl (C=O) groups is 1. The van der Waals surface area contributed by atoms with Crippen molar-refractivity contribution in [2.75, 3.05) is 26.2 Å². The lowest BCUT2D eigenvalue weighted by molar-refractivity contribution is 0.0728. The molecule has 0 spiro atoms. The van der Waals surface area contributed by atoms with Crippen molar-refractivity contribution in [2.45, 2.75) is 57.3 Å². The third-order valence-corrected chi connectivity index (χ3v) is 9.46. The van der Waals surface area contributed by atoms with Crippen LogP contribution in [0.5, 0.6) is 0 Å². The minimum absolute atomic E-state index is 0.0445. The van der Waals surface area contributed by atoms with E-state index in [1.807, 2.05) is 30.4 Å². The summed E-state index contributed by atoms with van der Waals surface area (Å²) in [5, 5.41) is 0.693. The van der Waals surface area contributed by atoms with E-state index in [1.165, 1.54) is 17.8 Å². The zero-order chi connectivity index (χ0) is 21.5. The Labute approximate surface area is 182 Å². The second-order valence-electron chi connectivity index (χ2n) is 8.29. The highest BCUT2D eigenvalue weighted by atomic mass is 32.2. The molecule has 0 unspecified atom stereocenters. The molecule has 4 heterocycles. The summed E-state index contributed by atoms with van der Waals surface area (Å²) in [6, 6.07) is 1.73. The first-order valence-electron chi connectivity index (χ1n) is 10.7. The molecule has 2 aliphatic rings. The van der Waals surface area contributed by atoms with Crippen LogP contribution in [0.4, 0.5) is 0 Å². The number of carbonyl (C=O) groups excluding carboxylic acids is 1. The molecule has 164 valence electrons. The molecule has 1 amide bonds. The average Bonchev–Trinajstić information content (AvgIpc) is 3.29. The third kappa shape index (κ3) is 3.83. The predicted octanol–water partition coefficient (Wildman–Crippen LogP) is 3.57. The molecule has 2 fully saturated rings. The Hall–Kier alpha value is -1.71. The minimum atomic E-state index is -3.52. The average molecular weight is 451 g/mol. The summed E-state index contributed by atoms with van der Waals surface area (Å²) in [4.78, 5) is 20.5. The van der Waals surface area contributed by atoms with Crippen molar-refractivity contribution in [3.8, 4) is 10.7 Å². The van der Waals surface area contributed by atoms with Gasteiger partial charge in [0.15, 0.2) is 0 Å². The Morgan fingerprint density at radius 2 is 1.60 bits per heavy atom. The summed E-state index contributed by atoms with van der Waals surface area (Å²) >= 11 is 1.37. The molecule has 0 aliphatic carbocycles. The first-order chi connectivity index (χ1) is 14.3. The van der Waals surface area contributed by atoms with Crippen LogP contribution in [0.25, 0.3) is 10.7 Å². The second kappa shape index (κ2) is 8.43. The van der Waals surface area contributed by atoms with Crippen LogP contribution in [0.15, 0.2) is 11.0 Å². The summed E-state index contributed by atoms with van der Waals surface area (Å²) in [6.07, 6.45) is 6.17. The van der Waals surface area contributed by atoms with Gasteiger partial charge in [0.1, 0.15) is 14.8 Å². The maximum absolute atomic E-state index is 13.2. The van der Waals surface area contributed by atoms with E-state index in [2.05, 4.69) is 4.98 Å². The summed E-state index contributed by atoms with van der Waals surface area (Å²) in [5.74, 6) is 0.0445. The van der Waals surface area contributed by atoms with E-state index in [1.54, 1.807) is 10.4 Å². The Bertz CT molecular complexity index is 1040. The maximum Gasteiger partial charge on any atom is 0.265 e. The summed E-state index contributed by atoms with van der Waals surface area (Å²) in [5.41, 5.74) is 2.16. The molecule has 0 bridgehead atoms. The van der Waals surface area contributed by atoms with Gasteiger partial charge in [0.25, 0.3) is 5.91 Å². The van der Waals surface area contributed by atoms with Crippen molar-refractivity contribution in [3.05, 3.63) is 22.3 Å². The Morgan fingerprint density at radius 3 is 2.23 bits per heavy atom. The number of amides is 1. The lowest BCUT2D eigenvalue weighted by atomic mass is 10.1. The van der Waals surface area contributed by atoms with E-state index < -0.39 is 10.0 Å². The highest BCUT2D eigenvalue weighted by molar-refractivity contribution is 7.89. The molecule has 2 saturated heterocycles. The monoisotopic (exact) mass is 450 g/mol. The minimum Gasteiger partial charge on any atom is -0.345 e. The smallest absolute Gasteiger partial charge is 0.265 e. The van der Waals surface area contributed by atoms with Gasteiger partial charge in [-0.05, 0) is 52.0 Å². The highest BCUT2D eigenvalue weighted by Crippen LogP contribution is 2.34. The molecule has 0 N–H and O–H groups in total. The van der Waals surface area contributed by atoms with E-state index in [-0.39, 0.29) is 5.91 Å². The van der Waals surface area contributed by atoms with Gasteiger partial charge < -0.3 is 9.47 Å². The predicted molar refractivity (Wildman–Crippen MR) is 118 cm³/mol. The van der Waals surface area contributed by atoms with Crippen LogP contribution in [-0.4, -0.2) is 59.3 Å². The number of piperidine rings is 2. The van der Waals surface area contributed by atoms with Crippen molar-refractivity contribution in [1.82, 2.24) is 18.8 Å². The van der Waals surface area contributed by atoms with Crippen LogP contribution in [0.3, 0.4) is 0 Å². The number of hydrogen-bond donors (Lipinski definition) is 0. The largest absolute Gasteiger partial charge is 0.345 e. The van der Waals surface area contributed by atoms with Gasteiger partial charge in [0, 0.05) is 38.9 Å². The van der Waals surface area contributed by atoms with Crippen molar-refractivity contribution in [2.24, 2.45) is 7.05 Å². The Morgan fingerprint density at radius 1 is 1.00 bits per heavy atom. The maximum atomic E-state index is 13.2. The number of likely N-dealkylation sites (tertiary alicyclic amines) is 1. The molecule has 2 aliphatic heterocycles. The molecule has 7 nitrogen and oxygen atoms in total. The van der Waals surface area contributed by atoms with Gasteiger partial charge in [0.2, 0.25) is 10.0 Å². The Balaban J connectivity index is 1.67. The third-order valence-electron chi connectivity index (χ3n) is 6.27. The van der Waals surface area contributed by atoms with Crippen molar-refractivity contribution in [3.63, 3.8) is 0 Å². The van der Waals surface area contributed by atoms with E-state index in [0.29, 0.717) is 39.3 Å². The van der Waals surface area contributed by atoms with Gasteiger partial charge >= 0.3 is 0 Å². The lowest BCUT2D eigenvalue weighted by Gasteiger charge is -2.26. The SMILES string of the molecule is Cc1nc(-c2cc(S(=O)(=O)N3CCCCC3)c(C)n2C)sc1C(=O)N1CCCCC1. The molecule has 0 aromatic carbocycles. The van der Waals surface area contributed by atoms with E-state index >= 15 is 0 Å². The quantitative estimate of drug-likeness (QED) is 0.714. The molecule has 0 saturated carbocycles. The van der Waals surface area contributed by atoms with Crippen LogP contribution < -0.4 is 0 Å². The normalized spacial score (nSPS) is 18.7. The number of rotatable bonds is 4. The number of hydrogen-bond acceptors (Lipinski definition) is 5.